The first-order chi connectivity index (χ1) is 13.6. The summed E-state index contributed by atoms with van der Waals surface area (Å²) in [5, 5.41) is 7.82. The highest BCUT2D eigenvalue weighted by Crippen LogP contribution is 2.31. The number of halogens is 2. The van der Waals surface area contributed by atoms with Gasteiger partial charge in [-0.1, -0.05) is 0 Å². The molecular formula is C19H19F2N7. The molecule has 0 aliphatic carbocycles. The van der Waals surface area contributed by atoms with Crippen LogP contribution in [0.4, 0.5) is 14.6 Å². The first-order valence-electron chi connectivity index (χ1n) is 8.84. The fourth-order valence-electron chi connectivity index (χ4n) is 3.37. The molecule has 1 saturated heterocycles. The average Bonchev–Trinajstić information content (AvgIpc) is 3.31. The zero-order valence-corrected chi connectivity index (χ0v) is 15.2. The number of nitrogens with zero attached hydrogens (tertiary/aromatic N) is 5. The number of nitrogens with one attached hydrogen (secondary N) is 1. The molecule has 1 atom stereocenters. The molecule has 3 heterocycles. The number of H-pyrrole nitrogens is 1. The van der Waals surface area contributed by atoms with Gasteiger partial charge in [0.05, 0.1) is 17.8 Å². The van der Waals surface area contributed by atoms with Gasteiger partial charge in [-0.05, 0) is 12.5 Å². The van der Waals surface area contributed by atoms with Gasteiger partial charge < -0.3 is 10.6 Å². The number of aromatic nitrogens is 4. The van der Waals surface area contributed by atoms with Crippen molar-refractivity contribution in [3.63, 3.8) is 0 Å². The Morgan fingerprint density at radius 3 is 2.93 bits per heavy atom. The lowest BCUT2D eigenvalue weighted by molar-refractivity contribution is 0.364. The van der Waals surface area contributed by atoms with Crippen molar-refractivity contribution in [2.45, 2.75) is 12.6 Å². The Labute approximate surface area is 160 Å². The monoisotopic (exact) mass is 383 g/mol. The van der Waals surface area contributed by atoms with Crippen LogP contribution in [0.15, 0.2) is 35.7 Å². The molecule has 3 aromatic rings. The van der Waals surface area contributed by atoms with Gasteiger partial charge in [-0.25, -0.2) is 18.7 Å². The molecule has 1 aliphatic heterocycles. The fourth-order valence-corrected chi connectivity index (χ4v) is 3.37. The van der Waals surface area contributed by atoms with Crippen molar-refractivity contribution in [3.05, 3.63) is 42.1 Å². The van der Waals surface area contributed by atoms with Crippen LogP contribution in [-0.4, -0.2) is 52.7 Å². The van der Waals surface area contributed by atoms with E-state index in [9.17, 15) is 8.78 Å². The van der Waals surface area contributed by atoms with Gasteiger partial charge in [0.15, 0.2) is 0 Å². The molecule has 2 aromatic heterocycles. The summed E-state index contributed by atoms with van der Waals surface area (Å²) in [6, 6.07) is 4.80. The van der Waals surface area contributed by atoms with Crippen LogP contribution >= 0.6 is 0 Å². The van der Waals surface area contributed by atoms with Gasteiger partial charge in [0, 0.05) is 54.7 Å². The van der Waals surface area contributed by atoms with Crippen LogP contribution in [0.5, 0.6) is 0 Å². The lowest BCUT2D eigenvalue weighted by atomic mass is 10.0. The molecule has 0 bridgehead atoms. The maximum atomic E-state index is 14.5. The molecule has 0 saturated carbocycles. The Morgan fingerprint density at radius 1 is 1.36 bits per heavy atom. The second-order valence-electron chi connectivity index (χ2n) is 6.55. The van der Waals surface area contributed by atoms with E-state index < -0.39 is 12.0 Å². The van der Waals surface area contributed by atoms with Gasteiger partial charge in [-0.15, -0.1) is 0 Å². The van der Waals surface area contributed by atoms with E-state index in [0.29, 0.717) is 58.8 Å². The molecule has 1 aliphatic rings. The van der Waals surface area contributed by atoms with Crippen LogP contribution < -0.4 is 10.6 Å². The van der Waals surface area contributed by atoms with Crippen LogP contribution in [0, 0.1) is 5.82 Å². The average molecular weight is 383 g/mol. The number of hydrogen-bond donors (Lipinski definition) is 2. The molecule has 3 N–H and O–H groups in total. The van der Waals surface area contributed by atoms with Crippen LogP contribution in [0.25, 0.3) is 27.9 Å². The van der Waals surface area contributed by atoms with Crippen molar-refractivity contribution >= 4 is 28.5 Å². The van der Waals surface area contributed by atoms with Gasteiger partial charge in [0.1, 0.15) is 29.8 Å². The third-order valence-corrected chi connectivity index (χ3v) is 4.76. The number of nitrogens with two attached hydrogens (primary N) is 1. The van der Waals surface area contributed by atoms with Gasteiger partial charge >= 0.3 is 0 Å². The zero-order chi connectivity index (χ0) is 19.7. The van der Waals surface area contributed by atoms with Crippen LogP contribution in [0.1, 0.15) is 12.0 Å². The van der Waals surface area contributed by atoms with Gasteiger partial charge in [0.2, 0.25) is 0 Å². The highest BCUT2D eigenvalue weighted by molar-refractivity contribution is 6.11. The SMILES string of the molecule is CN=CC(=CN)c1cc2c(-c3cc(N4CC[C@H](F)C4)ncn3)n[nH]c2cc1F. The van der Waals surface area contributed by atoms with Crippen molar-refractivity contribution in [3.8, 4) is 11.4 Å². The molecule has 28 heavy (non-hydrogen) atoms. The maximum Gasteiger partial charge on any atom is 0.133 e. The molecule has 0 radical (unpaired) electrons. The molecule has 9 heteroatoms. The van der Waals surface area contributed by atoms with E-state index in [-0.39, 0.29) is 0 Å². The number of rotatable bonds is 4. The Balaban J connectivity index is 1.79. The van der Waals surface area contributed by atoms with Crippen LogP contribution in [0.2, 0.25) is 0 Å². The summed E-state index contributed by atoms with van der Waals surface area (Å²) in [6.45, 7) is 0.920. The smallest absolute Gasteiger partial charge is 0.133 e. The second kappa shape index (κ2) is 7.34. The van der Waals surface area contributed by atoms with Crippen molar-refractivity contribution in [1.82, 2.24) is 20.2 Å². The first-order valence-corrected chi connectivity index (χ1v) is 8.84. The molecular weight excluding hydrogens is 364 g/mol. The largest absolute Gasteiger partial charge is 0.404 e. The van der Waals surface area contributed by atoms with Crippen LogP contribution in [0.3, 0.4) is 0 Å². The normalized spacial score (nSPS) is 17.9. The third kappa shape index (κ3) is 3.19. The first kappa shape index (κ1) is 18.0. The second-order valence-corrected chi connectivity index (χ2v) is 6.55. The molecule has 0 spiro atoms. The van der Waals surface area contributed by atoms with E-state index in [2.05, 4.69) is 25.2 Å². The summed E-state index contributed by atoms with van der Waals surface area (Å²) in [4.78, 5) is 14.3. The fraction of sp³-hybridized carbons (Fsp3) is 0.263. The summed E-state index contributed by atoms with van der Waals surface area (Å²) >= 11 is 0. The lowest BCUT2D eigenvalue weighted by Crippen LogP contribution is -2.21. The maximum absolute atomic E-state index is 14.5. The Hall–Kier alpha value is -3.36. The van der Waals surface area contributed by atoms with Crippen molar-refractivity contribution in [2.24, 2.45) is 10.7 Å². The van der Waals surface area contributed by atoms with Gasteiger partial charge in [-0.2, -0.15) is 5.10 Å². The van der Waals surface area contributed by atoms with Crippen molar-refractivity contribution < 1.29 is 8.78 Å². The Kier molecular flexibility index (Phi) is 4.72. The zero-order valence-electron chi connectivity index (χ0n) is 15.2. The summed E-state index contributed by atoms with van der Waals surface area (Å²) in [5.41, 5.74) is 8.07. The van der Waals surface area contributed by atoms with Crippen molar-refractivity contribution in [1.29, 1.82) is 0 Å². The quantitative estimate of drug-likeness (QED) is 0.676. The Morgan fingerprint density at radius 2 is 2.21 bits per heavy atom. The molecule has 0 amide bonds. The summed E-state index contributed by atoms with van der Waals surface area (Å²) in [5.74, 6) is 0.207. The van der Waals surface area contributed by atoms with Gasteiger partial charge in [-0.3, -0.25) is 10.1 Å². The van der Waals surface area contributed by atoms with E-state index in [1.165, 1.54) is 24.8 Å². The molecule has 0 unspecified atom stereocenters. The predicted molar refractivity (Wildman–Crippen MR) is 105 cm³/mol. The number of anilines is 1. The number of alkyl halides is 1. The van der Waals surface area contributed by atoms with E-state index in [4.69, 9.17) is 5.73 Å². The molecule has 144 valence electrons. The summed E-state index contributed by atoms with van der Waals surface area (Å²) in [6.07, 6.45) is 3.86. The minimum absolute atomic E-state index is 0.314. The van der Waals surface area contributed by atoms with Crippen LogP contribution in [-0.2, 0) is 0 Å². The van der Waals surface area contributed by atoms with E-state index >= 15 is 0 Å². The standard InChI is InChI=1S/C19H19F2N7/c1-23-8-11(7-22)13-4-14-16(5-15(13)21)26-27-19(14)17-6-18(25-10-24-17)28-3-2-12(20)9-28/h4-8,10,12H,2-3,9,22H2,1H3,(H,26,27)/t12-/m0/s1. The number of aliphatic imine (C=N–C) groups is 1. The van der Waals surface area contributed by atoms with E-state index in [0.717, 1.165) is 0 Å². The highest BCUT2D eigenvalue weighted by Gasteiger charge is 2.24. The lowest BCUT2D eigenvalue weighted by Gasteiger charge is -2.16. The number of hydrogen-bond acceptors (Lipinski definition) is 6. The predicted octanol–water partition coefficient (Wildman–Crippen LogP) is 2.71. The number of fused-ring (bicyclic) bond motifs is 1. The topological polar surface area (TPSA) is 96.1 Å². The number of aromatic amines is 1. The van der Waals surface area contributed by atoms with Crippen molar-refractivity contribution in [2.75, 3.05) is 25.0 Å². The molecule has 7 nitrogen and oxygen atoms in total. The summed E-state index contributed by atoms with van der Waals surface area (Å²) < 4.78 is 28.1. The minimum atomic E-state index is -0.850. The minimum Gasteiger partial charge on any atom is -0.404 e. The number of benzene rings is 1. The number of allylic oxidation sites excluding steroid dienone is 1. The van der Waals surface area contributed by atoms with Gasteiger partial charge in [0.25, 0.3) is 0 Å². The Bertz CT molecular complexity index is 1070. The highest BCUT2D eigenvalue weighted by atomic mass is 19.1. The van der Waals surface area contributed by atoms with E-state index in [1.54, 1.807) is 19.2 Å². The molecule has 4 rings (SSSR count). The van der Waals surface area contributed by atoms with E-state index in [1.807, 2.05) is 4.90 Å². The molecule has 1 fully saturated rings. The molecule has 1 aromatic carbocycles. The summed E-state index contributed by atoms with van der Waals surface area (Å²) in [7, 11) is 1.59. The third-order valence-electron chi connectivity index (χ3n) is 4.76.